The Labute approximate surface area is 180 Å². The highest BCUT2D eigenvalue weighted by atomic mass is 127. The standard InChI is InChI=1S/C20H33FN4O.HI/c1-5-22-20(24-16(4)15(2)3)23-14-19(25-9-11-26-12-10-25)17-7-6-8-18(21)13-17;/h6-8,13,15-16,19H,5,9-12,14H2,1-4H3,(H2,22,23,24);1H. The minimum absolute atomic E-state index is 0. The Morgan fingerprint density at radius 2 is 1.96 bits per heavy atom. The van der Waals surface area contributed by atoms with E-state index in [9.17, 15) is 4.39 Å². The largest absolute Gasteiger partial charge is 0.379 e. The van der Waals surface area contributed by atoms with Crippen molar-refractivity contribution in [1.82, 2.24) is 15.5 Å². The van der Waals surface area contributed by atoms with Crippen LogP contribution in [0.4, 0.5) is 4.39 Å². The summed E-state index contributed by atoms with van der Waals surface area (Å²) in [5, 5.41) is 6.77. The molecule has 0 saturated carbocycles. The molecule has 2 atom stereocenters. The van der Waals surface area contributed by atoms with Gasteiger partial charge in [-0.25, -0.2) is 4.39 Å². The van der Waals surface area contributed by atoms with Gasteiger partial charge < -0.3 is 15.4 Å². The lowest BCUT2D eigenvalue weighted by Crippen LogP contribution is -2.45. The number of guanidine groups is 1. The zero-order valence-electron chi connectivity index (χ0n) is 16.9. The number of halogens is 2. The summed E-state index contributed by atoms with van der Waals surface area (Å²) in [4.78, 5) is 7.14. The fourth-order valence-electron chi connectivity index (χ4n) is 2.91. The summed E-state index contributed by atoms with van der Waals surface area (Å²) in [6.45, 7) is 13.0. The predicted octanol–water partition coefficient (Wildman–Crippen LogP) is 3.42. The van der Waals surface area contributed by atoms with Gasteiger partial charge in [0.2, 0.25) is 0 Å². The molecule has 1 aliphatic heterocycles. The molecule has 2 rings (SSSR count). The van der Waals surface area contributed by atoms with Gasteiger partial charge in [0.05, 0.1) is 25.8 Å². The zero-order chi connectivity index (χ0) is 18.9. The Kier molecular flexibility index (Phi) is 11.2. The maximum absolute atomic E-state index is 13.8. The minimum atomic E-state index is -0.205. The van der Waals surface area contributed by atoms with Crippen molar-refractivity contribution in [1.29, 1.82) is 0 Å². The molecule has 2 unspecified atom stereocenters. The van der Waals surface area contributed by atoms with E-state index in [1.54, 1.807) is 12.1 Å². The van der Waals surface area contributed by atoms with E-state index >= 15 is 0 Å². The first-order valence-electron chi connectivity index (χ1n) is 9.63. The Balaban J connectivity index is 0.00000364. The van der Waals surface area contributed by atoms with Crippen molar-refractivity contribution >= 4 is 29.9 Å². The van der Waals surface area contributed by atoms with Gasteiger partial charge >= 0.3 is 0 Å². The van der Waals surface area contributed by atoms with Crippen LogP contribution in [-0.2, 0) is 4.74 Å². The number of rotatable bonds is 7. The van der Waals surface area contributed by atoms with E-state index in [-0.39, 0.29) is 35.8 Å². The van der Waals surface area contributed by atoms with Gasteiger partial charge in [0.25, 0.3) is 0 Å². The maximum Gasteiger partial charge on any atom is 0.191 e. The van der Waals surface area contributed by atoms with Crippen LogP contribution in [0.5, 0.6) is 0 Å². The van der Waals surface area contributed by atoms with Gasteiger partial charge in [-0.1, -0.05) is 26.0 Å². The number of hydrogen-bond acceptors (Lipinski definition) is 3. The van der Waals surface area contributed by atoms with Crippen molar-refractivity contribution in [3.63, 3.8) is 0 Å². The van der Waals surface area contributed by atoms with E-state index in [4.69, 9.17) is 9.73 Å². The van der Waals surface area contributed by atoms with Crippen molar-refractivity contribution in [2.45, 2.75) is 39.8 Å². The minimum Gasteiger partial charge on any atom is -0.379 e. The fourth-order valence-corrected chi connectivity index (χ4v) is 2.91. The van der Waals surface area contributed by atoms with E-state index in [1.165, 1.54) is 6.07 Å². The average molecular weight is 492 g/mol. The van der Waals surface area contributed by atoms with E-state index < -0.39 is 0 Å². The first kappa shape index (κ1) is 24.1. The topological polar surface area (TPSA) is 48.9 Å². The third-order valence-electron chi connectivity index (χ3n) is 4.85. The van der Waals surface area contributed by atoms with Crippen LogP contribution < -0.4 is 10.6 Å². The first-order valence-corrected chi connectivity index (χ1v) is 9.63. The molecule has 1 aliphatic rings. The number of ether oxygens (including phenoxy) is 1. The van der Waals surface area contributed by atoms with E-state index in [1.807, 2.05) is 6.07 Å². The summed E-state index contributed by atoms with van der Waals surface area (Å²) < 4.78 is 19.2. The number of hydrogen-bond donors (Lipinski definition) is 2. The molecule has 0 amide bonds. The molecule has 0 bridgehead atoms. The summed E-state index contributed by atoms with van der Waals surface area (Å²) in [5.41, 5.74) is 0.961. The third kappa shape index (κ3) is 7.91. The second-order valence-electron chi connectivity index (χ2n) is 7.12. The number of nitrogens with zero attached hydrogens (tertiary/aromatic N) is 2. The van der Waals surface area contributed by atoms with Gasteiger partial charge in [0.15, 0.2) is 5.96 Å². The van der Waals surface area contributed by atoms with Crippen molar-refractivity contribution < 1.29 is 9.13 Å². The number of morpholine rings is 1. The van der Waals surface area contributed by atoms with Gasteiger partial charge in [-0.2, -0.15) is 0 Å². The smallest absolute Gasteiger partial charge is 0.191 e. The summed E-state index contributed by atoms with van der Waals surface area (Å²) >= 11 is 0. The fraction of sp³-hybridized carbons (Fsp3) is 0.650. The summed E-state index contributed by atoms with van der Waals surface area (Å²) in [5.74, 6) is 1.11. The van der Waals surface area contributed by atoms with Crippen LogP contribution in [0.1, 0.15) is 39.3 Å². The van der Waals surface area contributed by atoms with Crippen molar-refractivity contribution in [2.24, 2.45) is 10.9 Å². The van der Waals surface area contributed by atoms with Crippen molar-refractivity contribution in [3.8, 4) is 0 Å². The highest BCUT2D eigenvalue weighted by molar-refractivity contribution is 14.0. The molecule has 154 valence electrons. The Bertz CT molecular complexity index is 579. The molecular formula is C20H34FIN4O. The molecule has 0 aliphatic carbocycles. The van der Waals surface area contributed by atoms with Crippen LogP contribution >= 0.6 is 24.0 Å². The molecule has 0 aromatic heterocycles. The molecule has 27 heavy (non-hydrogen) atoms. The van der Waals surface area contributed by atoms with Crippen molar-refractivity contribution in [3.05, 3.63) is 35.6 Å². The molecule has 1 aromatic carbocycles. The summed E-state index contributed by atoms with van der Waals surface area (Å²) in [6.07, 6.45) is 0. The quantitative estimate of drug-likeness (QED) is 0.348. The van der Waals surface area contributed by atoms with Crippen LogP contribution in [-0.4, -0.2) is 56.3 Å². The molecule has 1 fully saturated rings. The van der Waals surface area contributed by atoms with Crippen LogP contribution in [0.15, 0.2) is 29.3 Å². The first-order chi connectivity index (χ1) is 12.5. The van der Waals surface area contributed by atoms with Crippen LogP contribution in [0, 0.1) is 11.7 Å². The highest BCUT2D eigenvalue weighted by Gasteiger charge is 2.23. The van der Waals surface area contributed by atoms with Gasteiger partial charge in [0.1, 0.15) is 5.82 Å². The molecule has 2 N–H and O–H groups in total. The lowest BCUT2D eigenvalue weighted by atomic mass is 10.0. The number of aliphatic imine (C=N–C) groups is 1. The molecule has 0 radical (unpaired) electrons. The second-order valence-corrected chi connectivity index (χ2v) is 7.12. The molecular weight excluding hydrogens is 458 g/mol. The number of nitrogens with one attached hydrogen (secondary N) is 2. The van der Waals surface area contributed by atoms with Gasteiger partial charge in [-0.05, 0) is 37.5 Å². The molecule has 1 saturated heterocycles. The lowest BCUT2D eigenvalue weighted by molar-refractivity contribution is 0.0179. The zero-order valence-corrected chi connectivity index (χ0v) is 19.2. The second kappa shape index (κ2) is 12.5. The Hall–Kier alpha value is -0.930. The monoisotopic (exact) mass is 492 g/mol. The van der Waals surface area contributed by atoms with Gasteiger partial charge in [0, 0.05) is 25.7 Å². The van der Waals surface area contributed by atoms with E-state index in [0.29, 0.717) is 31.7 Å². The van der Waals surface area contributed by atoms with Gasteiger partial charge in [-0.15, -0.1) is 24.0 Å². The SMILES string of the molecule is CCNC(=NCC(c1cccc(F)c1)N1CCOCC1)NC(C)C(C)C.I. The molecule has 0 spiro atoms. The van der Waals surface area contributed by atoms with Crippen LogP contribution in [0.25, 0.3) is 0 Å². The normalized spacial score (nSPS) is 17.9. The highest BCUT2D eigenvalue weighted by Crippen LogP contribution is 2.23. The lowest BCUT2D eigenvalue weighted by Gasteiger charge is -2.34. The summed E-state index contributed by atoms with van der Waals surface area (Å²) in [7, 11) is 0. The Morgan fingerprint density at radius 1 is 1.26 bits per heavy atom. The Morgan fingerprint density at radius 3 is 2.56 bits per heavy atom. The predicted molar refractivity (Wildman–Crippen MR) is 120 cm³/mol. The number of benzene rings is 1. The molecule has 1 heterocycles. The van der Waals surface area contributed by atoms with Crippen LogP contribution in [0.3, 0.4) is 0 Å². The maximum atomic E-state index is 13.8. The molecule has 5 nitrogen and oxygen atoms in total. The van der Waals surface area contributed by atoms with Gasteiger partial charge in [-0.3, -0.25) is 9.89 Å². The van der Waals surface area contributed by atoms with E-state index in [2.05, 4.69) is 43.2 Å². The van der Waals surface area contributed by atoms with E-state index in [0.717, 1.165) is 31.2 Å². The molecule has 7 heteroatoms. The third-order valence-corrected chi connectivity index (χ3v) is 4.85. The average Bonchev–Trinajstić information content (AvgIpc) is 2.63. The van der Waals surface area contributed by atoms with Crippen LogP contribution in [0.2, 0.25) is 0 Å². The summed E-state index contributed by atoms with van der Waals surface area (Å²) in [6, 6.07) is 7.22. The molecule has 1 aromatic rings. The van der Waals surface area contributed by atoms with Crippen molar-refractivity contribution in [2.75, 3.05) is 39.4 Å².